The summed E-state index contributed by atoms with van der Waals surface area (Å²) in [6, 6.07) is 16.5. The topological polar surface area (TPSA) is 169 Å². The van der Waals surface area contributed by atoms with Crippen LogP contribution in [0.25, 0.3) is 10.8 Å². The normalized spacial score (nSPS) is 22.2. The van der Waals surface area contributed by atoms with E-state index in [2.05, 4.69) is 32.2 Å². The van der Waals surface area contributed by atoms with Gasteiger partial charge >= 0.3 is 0 Å². The zero-order valence-electron chi connectivity index (χ0n) is 47.9. The van der Waals surface area contributed by atoms with Crippen LogP contribution in [0, 0.1) is 23.5 Å². The molecule has 6 heterocycles. The molecular weight excluding hydrogens is 1020 g/mol. The van der Waals surface area contributed by atoms with Gasteiger partial charge in [-0.2, -0.15) is 5.10 Å². The Hall–Kier alpha value is -6.07. The monoisotopic (exact) mass is 1100 g/mol. The molecule has 17 heteroatoms. The Kier molecular flexibility index (Phi) is 21.4. The Morgan fingerprint density at radius 2 is 1.35 bits per heavy atom. The minimum atomic E-state index is -0.637. The van der Waals surface area contributed by atoms with Gasteiger partial charge in [0.1, 0.15) is 17.7 Å². The van der Waals surface area contributed by atoms with Crippen LogP contribution in [0.3, 0.4) is 0 Å². The van der Waals surface area contributed by atoms with Crippen LogP contribution < -0.4 is 10.9 Å². The molecule has 0 spiro atoms. The van der Waals surface area contributed by atoms with Crippen molar-refractivity contribution in [2.45, 2.75) is 174 Å². The zero-order valence-corrected chi connectivity index (χ0v) is 47.9. The van der Waals surface area contributed by atoms with Crippen molar-refractivity contribution in [3.8, 4) is 0 Å². The highest BCUT2D eigenvalue weighted by atomic mass is 19.1. The number of ether oxygens (including phenoxy) is 1. The van der Waals surface area contributed by atoms with Gasteiger partial charge in [0.2, 0.25) is 18.2 Å². The molecule has 2 N–H and O–H groups in total. The van der Waals surface area contributed by atoms with Gasteiger partial charge in [-0.15, -0.1) is 0 Å². The first-order valence-electron chi connectivity index (χ1n) is 30.3. The number of likely N-dealkylation sites (tertiary alicyclic amines) is 2. The Balaban J connectivity index is 0.000000218. The molecule has 5 saturated heterocycles. The molecule has 7 aliphatic rings. The lowest BCUT2D eigenvalue weighted by Gasteiger charge is -2.39. The molecule has 11 rings (SSSR count). The van der Waals surface area contributed by atoms with Crippen LogP contribution in [0.5, 0.6) is 0 Å². The Bertz CT molecular complexity index is 2780. The summed E-state index contributed by atoms with van der Waals surface area (Å²) in [7, 11) is 0. The SMILES string of the molecule is CC.CC.CCN1CCC(OC2CCN(C(=O)C(NC(=O)c3ccc(C4CC5CCC(C4)N5C(=O)C4CC4)cc3F)C3CCCCC3)CC2)CC1.O=CN1CCN(C(=O)c2cc(Cc3n[nH]c(=O)c4ccccc34)ccc2F)CC1. The van der Waals surface area contributed by atoms with E-state index in [4.69, 9.17) is 4.74 Å². The van der Waals surface area contributed by atoms with E-state index in [0.29, 0.717) is 74.3 Å². The third-order valence-electron chi connectivity index (χ3n) is 17.6. The molecular formula is C63H86F2N8O7. The number of piperazine rings is 1. The van der Waals surface area contributed by atoms with Gasteiger partial charge in [-0.1, -0.05) is 84.2 Å². The molecule has 3 unspecified atom stereocenters. The van der Waals surface area contributed by atoms with E-state index in [-0.39, 0.29) is 58.5 Å². The fourth-order valence-corrected chi connectivity index (χ4v) is 13.0. The van der Waals surface area contributed by atoms with E-state index < -0.39 is 29.5 Å². The second-order valence-electron chi connectivity index (χ2n) is 22.4. The van der Waals surface area contributed by atoms with E-state index in [0.717, 1.165) is 133 Å². The maximum atomic E-state index is 15.7. The fourth-order valence-electron chi connectivity index (χ4n) is 13.0. The third kappa shape index (κ3) is 14.5. The molecule has 2 bridgehead atoms. The maximum Gasteiger partial charge on any atom is 0.272 e. The van der Waals surface area contributed by atoms with Gasteiger partial charge in [0.15, 0.2) is 0 Å². The molecule has 2 aliphatic carbocycles. The number of piperidine rings is 3. The number of hydrogen-bond donors (Lipinski definition) is 2. The van der Waals surface area contributed by atoms with Gasteiger partial charge in [-0.05, 0) is 137 Å². The number of carbonyl (C=O) groups is 5. The highest BCUT2D eigenvalue weighted by Gasteiger charge is 2.47. The minimum absolute atomic E-state index is 0.00390. The van der Waals surface area contributed by atoms with Gasteiger partial charge in [0.25, 0.3) is 17.4 Å². The van der Waals surface area contributed by atoms with Crippen LogP contribution in [-0.2, 0) is 25.5 Å². The number of H-pyrrole nitrogens is 1. The second kappa shape index (κ2) is 28.6. The molecule has 0 radical (unpaired) electrons. The van der Waals surface area contributed by atoms with Gasteiger partial charge in [-0.3, -0.25) is 28.8 Å². The number of carbonyl (C=O) groups excluding carboxylic acids is 5. The number of aromatic amines is 1. The summed E-state index contributed by atoms with van der Waals surface area (Å²) < 4.78 is 36.5. The number of halogens is 2. The van der Waals surface area contributed by atoms with Crippen LogP contribution in [-0.4, -0.2) is 154 Å². The van der Waals surface area contributed by atoms with Crippen molar-refractivity contribution in [2.24, 2.45) is 11.8 Å². The van der Waals surface area contributed by atoms with Crippen LogP contribution in [0.15, 0.2) is 65.5 Å². The predicted octanol–water partition coefficient (Wildman–Crippen LogP) is 9.26. The smallest absolute Gasteiger partial charge is 0.272 e. The Morgan fingerprint density at radius 3 is 1.96 bits per heavy atom. The average Bonchev–Trinajstić information content (AvgIpc) is 4.41. The van der Waals surface area contributed by atoms with E-state index >= 15 is 4.39 Å². The molecule has 5 amide bonds. The average molecular weight is 1110 g/mol. The highest BCUT2D eigenvalue weighted by Crippen LogP contribution is 2.46. The number of amides is 5. The molecule has 4 aromatic rings. The first-order valence-corrected chi connectivity index (χ1v) is 30.3. The summed E-state index contributed by atoms with van der Waals surface area (Å²) in [4.78, 5) is 85.8. The number of aromatic nitrogens is 2. The number of nitrogens with one attached hydrogen (secondary N) is 2. The van der Waals surface area contributed by atoms with E-state index in [1.165, 1.54) is 18.2 Å². The lowest BCUT2D eigenvalue weighted by atomic mass is 9.82. The largest absolute Gasteiger partial charge is 0.375 e. The molecule has 7 fully saturated rings. The van der Waals surface area contributed by atoms with Crippen molar-refractivity contribution in [1.29, 1.82) is 0 Å². The summed E-state index contributed by atoms with van der Waals surface area (Å²) in [5.41, 5.74) is 2.00. The first kappa shape index (κ1) is 60.0. The van der Waals surface area contributed by atoms with E-state index in [1.807, 2.05) is 50.8 Å². The Morgan fingerprint density at radius 1 is 0.713 bits per heavy atom. The number of hydrogen-bond acceptors (Lipinski definition) is 9. The molecule has 3 atom stereocenters. The zero-order chi connectivity index (χ0) is 56.9. The lowest BCUT2D eigenvalue weighted by Crippen LogP contribution is -2.55. The fraction of sp³-hybridized carbons (Fsp3) is 0.603. The van der Waals surface area contributed by atoms with Crippen molar-refractivity contribution in [2.75, 3.05) is 58.9 Å². The molecule has 3 aromatic carbocycles. The van der Waals surface area contributed by atoms with Crippen molar-refractivity contribution in [1.82, 2.24) is 40.0 Å². The highest BCUT2D eigenvalue weighted by molar-refractivity contribution is 5.98. The summed E-state index contributed by atoms with van der Waals surface area (Å²) in [6.07, 6.45) is 16.2. The number of benzene rings is 3. The van der Waals surface area contributed by atoms with Crippen molar-refractivity contribution in [3.63, 3.8) is 0 Å². The molecule has 5 aliphatic heterocycles. The summed E-state index contributed by atoms with van der Waals surface area (Å²) in [5, 5.41) is 10.9. The molecule has 2 saturated carbocycles. The molecule has 15 nitrogen and oxygen atoms in total. The van der Waals surface area contributed by atoms with Crippen LogP contribution in [0.2, 0.25) is 0 Å². The van der Waals surface area contributed by atoms with E-state index in [9.17, 15) is 33.2 Å². The summed E-state index contributed by atoms with van der Waals surface area (Å²) in [6.45, 7) is 16.3. The number of fused-ring (bicyclic) bond motifs is 3. The molecule has 80 heavy (non-hydrogen) atoms. The third-order valence-corrected chi connectivity index (χ3v) is 17.6. The predicted molar refractivity (Wildman–Crippen MR) is 306 cm³/mol. The van der Waals surface area contributed by atoms with Gasteiger partial charge < -0.3 is 34.6 Å². The maximum absolute atomic E-state index is 15.7. The first-order chi connectivity index (χ1) is 38.9. The van der Waals surface area contributed by atoms with Crippen LogP contribution in [0.1, 0.15) is 174 Å². The molecule has 1 aromatic heterocycles. The quantitative estimate of drug-likeness (QED) is 0.124. The Labute approximate surface area is 471 Å². The standard InChI is InChI=1S/C38H55FN4O4.C21H19FN4O3.2C2H6/c1-2-41-18-14-31(15-19-41)47-32-16-20-42(21-17-32)38(46)35(25-6-4-3-5-7-25)40-36(44)33-13-10-27(24-34(33)39)28-22-29-11-12-30(23-28)43(29)37(45)26-8-9-26;22-18-6-5-14(11-17(18)21(29)26-9-7-25(13-27)8-10-26)12-19-15-3-1-2-4-16(15)20(28)24-23-19;2*1-2/h10,13,24-26,28-32,35H,2-9,11-12,14-23H2,1H3,(H,40,44);1-6,11,13H,7-10,12H2,(H,24,28);2*1-2H3. The van der Waals surface area contributed by atoms with Gasteiger partial charge in [0, 0.05) is 82.2 Å². The number of rotatable bonds is 13. The van der Waals surface area contributed by atoms with Crippen LogP contribution in [0.4, 0.5) is 8.78 Å². The van der Waals surface area contributed by atoms with Crippen LogP contribution >= 0.6 is 0 Å². The summed E-state index contributed by atoms with van der Waals surface area (Å²) >= 11 is 0. The number of nitrogens with zero attached hydrogens (tertiary/aromatic N) is 6. The van der Waals surface area contributed by atoms with Crippen molar-refractivity contribution >= 4 is 40.8 Å². The van der Waals surface area contributed by atoms with Crippen molar-refractivity contribution < 1.29 is 37.5 Å². The summed E-state index contributed by atoms with van der Waals surface area (Å²) in [5.74, 6) is -1.22. The molecule has 434 valence electrons. The van der Waals surface area contributed by atoms with Gasteiger partial charge in [-0.25, -0.2) is 13.9 Å². The van der Waals surface area contributed by atoms with Gasteiger partial charge in [0.05, 0.1) is 34.4 Å². The van der Waals surface area contributed by atoms with E-state index in [1.54, 1.807) is 34.1 Å². The minimum Gasteiger partial charge on any atom is -0.375 e. The van der Waals surface area contributed by atoms with Crippen molar-refractivity contribution in [3.05, 3.63) is 111 Å². The lowest BCUT2D eigenvalue weighted by molar-refractivity contribution is -0.139. The second-order valence-corrected chi connectivity index (χ2v) is 22.4.